The van der Waals surface area contributed by atoms with Crippen molar-refractivity contribution in [3.63, 3.8) is 0 Å². The van der Waals surface area contributed by atoms with Gasteiger partial charge in [-0.15, -0.1) is 11.3 Å². The summed E-state index contributed by atoms with van der Waals surface area (Å²) >= 11 is 1.51. The standard InChI is InChI=1S/C8H6N6S/c9-6-5-8(11-2-10-6)14-7(13-5)4-1-15-3-12-4/h1-3H,(H3,9,10,11,13,14). The van der Waals surface area contributed by atoms with Crippen molar-refractivity contribution in [3.05, 3.63) is 17.2 Å². The Morgan fingerprint density at radius 2 is 2.20 bits per heavy atom. The van der Waals surface area contributed by atoms with Crippen LogP contribution >= 0.6 is 11.3 Å². The number of nitrogen functional groups attached to an aromatic ring is 1. The highest BCUT2D eigenvalue weighted by Crippen LogP contribution is 2.20. The van der Waals surface area contributed by atoms with E-state index in [0.29, 0.717) is 22.8 Å². The minimum Gasteiger partial charge on any atom is -0.382 e. The molecule has 15 heavy (non-hydrogen) atoms. The molecule has 0 unspecified atom stereocenters. The van der Waals surface area contributed by atoms with E-state index in [0.717, 1.165) is 5.69 Å². The van der Waals surface area contributed by atoms with Crippen LogP contribution in [0.5, 0.6) is 0 Å². The molecule has 0 bridgehead atoms. The minimum atomic E-state index is 0.397. The third kappa shape index (κ3) is 1.24. The van der Waals surface area contributed by atoms with E-state index in [-0.39, 0.29) is 0 Å². The van der Waals surface area contributed by atoms with Gasteiger partial charge in [0.05, 0.1) is 5.51 Å². The van der Waals surface area contributed by atoms with E-state index in [1.807, 2.05) is 5.38 Å². The molecule has 0 radical (unpaired) electrons. The molecule has 0 saturated carbocycles. The maximum Gasteiger partial charge on any atom is 0.183 e. The van der Waals surface area contributed by atoms with Crippen LogP contribution in [0.3, 0.4) is 0 Å². The summed E-state index contributed by atoms with van der Waals surface area (Å²) in [5, 5.41) is 1.90. The number of nitrogens with one attached hydrogen (secondary N) is 1. The number of aromatic nitrogens is 5. The summed E-state index contributed by atoms with van der Waals surface area (Å²) in [6.45, 7) is 0. The maximum atomic E-state index is 5.68. The average Bonchev–Trinajstić information content (AvgIpc) is 2.86. The van der Waals surface area contributed by atoms with Crippen LogP contribution in [0.25, 0.3) is 22.7 Å². The van der Waals surface area contributed by atoms with Gasteiger partial charge in [-0.2, -0.15) is 0 Å². The Morgan fingerprint density at radius 1 is 1.27 bits per heavy atom. The molecule has 0 aliphatic rings. The first kappa shape index (κ1) is 8.30. The van der Waals surface area contributed by atoms with Gasteiger partial charge in [0.2, 0.25) is 0 Å². The predicted molar refractivity (Wildman–Crippen MR) is 57.2 cm³/mol. The largest absolute Gasteiger partial charge is 0.382 e. The molecule has 3 aromatic heterocycles. The highest BCUT2D eigenvalue weighted by atomic mass is 32.1. The fourth-order valence-corrected chi connectivity index (χ4v) is 1.83. The van der Waals surface area contributed by atoms with Crippen molar-refractivity contribution in [2.45, 2.75) is 0 Å². The summed E-state index contributed by atoms with van der Waals surface area (Å²) in [6.07, 6.45) is 1.39. The Labute approximate surface area is 88.2 Å². The lowest BCUT2D eigenvalue weighted by atomic mass is 10.5. The van der Waals surface area contributed by atoms with E-state index < -0.39 is 0 Å². The summed E-state index contributed by atoms with van der Waals surface area (Å²) in [5.74, 6) is 1.06. The topological polar surface area (TPSA) is 93.4 Å². The number of nitrogens with zero attached hydrogens (tertiary/aromatic N) is 4. The summed E-state index contributed by atoms with van der Waals surface area (Å²) in [4.78, 5) is 19.4. The number of H-pyrrole nitrogens is 1. The molecule has 0 atom stereocenters. The van der Waals surface area contributed by atoms with E-state index in [1.54, 1.807) is 5.51 Å². The van der Waals surface area contributed by atoms with Gasteiger partial charge in [-0.1, -0.05) is 0 Å². The number of hydrogen-bond acceptors (Lipinski definition) is 6. The van der Waals surface area contributed by atoms with Gasteiger partial charge in [0.1, 0.15) is 17.5 Å². The average molecular weight is 218 g/mol. The SMILES string of the molecule is Nc1ncnc2nc(-c3cscn3)[nH]c12. The first-order valence-electron chi connectivity index (χ1n) is 4.19. The zero-order valence-electron chi connectivity index (χ0n) is 7.51. The van der Waals surface area contributed by atoms with E-state index >= 15 is 0 Å². The molecule has 3 rings (SSSR count). The second-order valence-corrected chi connectivity index (χ2v) is 3.64. The fraction of sp³-hybridized carbons (Fsp3) is 0. The Balaban J connectivity index is 2.27. The first-order chi connectivity index (χ1) is 7.34. The number of anilines is 1. The molecule has 0 fully saturated rings. The number of fused-ring (bicyclic) bond motifs is 1. The van der Waals surface area contributed by atoms with Crippen LogP contribution in [-0.4, -0.2) is 24.9 Å². The highest BCUT2D eigenvalue weighted by Gasteiger charge is 2.09. The molecule has 0 saturated heterocycles. The van der Waals surface area contributed by atoms with Crippen molar-refractivity contribution in [3.8, 4) is 11.5 Å². The quantitative estimate of drug-likeness (QED) is 0.637. The third-order valence-electron chi connectivity index (χ3n) is 1.99. The Kier molecular flexibility index (Phi) is 1.65. The monoisotopic (exact) mass is 218 g/mol. The summed E-state index contributed by atoms with van der Waals surface area (Å²) in [7, 11) is 0. The molecule has 0 aliphatic heterocycles. The Hall–Kier alpha value is -2.02. The van der Waals surface area contributed by atoms with Crippen molar-refractivity contribution < 1.29 is 0 Å². The van der Waals surface area contributed by atoms with Gasteiger partial charge in [0.15, 0.2) is 17.3 Å². The molecule has 74 valence electrons. The Bertz CT molecular complexity index is 599. The molecular weight excluding hydrogens is 212 g/mol. The van der Waals surface area contributed by atoms with Crippen LogP contribution in [0.1, 0.15) is 0 Å². The molecule has 3 N–H and O–H groups in total. The maximum absolute atomic E-state index is 5.68. The van der Waals surface area contributed by atoms with Crippen LogP contribution in [0, 0.1) is 0 Å². The van der Waals surface area contributed by atoms with Crippen LogP contribution in [0.2, 0.25) is 0 Å². The lowest BCUT2D eigenvalue weighted by Crippen LogP contribution is -1.91. The number of aromatic amines is 1. The van der Waals surface area contributed by atoms with Gasteiger partial charge in [0.25, 0.3) is 0 Å². The van der Waals surface area contributed by atoms with Crippen molar-refractivity contribution in [2.24, 2.45) is 0 Å². The van der Waals surface area contributed by atoms with Crippen LogP contribution in [0.15, 0.2) is 17.2 Å². The third-order valence-corrected chi connectivity index (χ3v) is 2.58. The number of rotatable bonds is 1. The second-order valence-electron chi connectivity index (χ2n) is 2.92. The number of hydrogen-bond donors (Lipinski definition) is 2. The molecule has 0 spiro atoms. The van der Waals surface area contributed by atoms with Gasteiger partial charge < -0.3 is 10.7 Å². The number of imidazole rings is 1. The van der Waals surface area contributed by atoms with Crippen molar-refractivity contribution >= 4 is 28.3 Å². The van der Waals surface area contributed by atoms with Crippen molar-refractivity contribution in [2.75, 3.05) is 5.73 Å². The van der Waals surface area contributed by atoms with Crippen LogP contribution < -0.4 is 5.73 Å². The summed E-state index contributed by atoms with van der Waals surface area (Å²) < 4.78 is 0. The molecule has 6 nitrogen and oxygen atoms in total. The molecule has 0 amide bonds. The number of thiazole rings is 1. The Morgan fingerprint density at radius 3 is 2.93 bits per heavy atom. The van der Waals surface area contributed by atoms with E-state index in [4.69, 9.17) is 5.73 Å². The van der Waals surface area contributed by atoms with E-state index in [9.17, 15) is 0 Å². The van der Waals surface area contributed by atoms with Gasteiger partial charge in [0, 0.05) is 5.38 Å². The van der Waals surface area contributed by atoms with E-state index in [2.05, 4.69) is 24.9 Å². The highest BCUT2D eigenvalue weighted by molar-refractivity contribution is 7.07. The smallest absolute Gasteiger partial charge is 0.183 e. The minimum absolute atomic E-state index is 0.397. The number of nitrogens with two attached hydrogens (primary N) is 1. The molecule has 3 aromatic rings. The van der Waals surface area contributed by atoms with Crippen molar-refractivity contribution in [1.82, 2.24) is 24.9 Å². The summed E-state index contributed by atoms with van der Waals surface area (Å²) in [6, 6.07) is 0. The van der Waals surface area contributed by atoms with Gasteiger partial charge in [-0.3, -0.25) is 0 Å². The lowest BCUT2D eigenvalue weighted by Gasteiger charge is -1.89. The molecule has 0 aromatic carbocycles. The zero-order chi connectivity index (χ0) is 10.3. The first-order valence-corrected chi connectivity index (χ1v) is 5.13. The normalized spacial score (nSPS) is 10.9. The van der Waals surface area contributed by atoms with Crippen LogP contribution in [-0.2, 0) is 0 Å². The fourth-order valence-electron chi connectivity index (χ4n) is 1.30. The zero-order valence-corrected chi connectivity index (χ0v) is 8.32. The van der Waals surface area contributed by atoms with Gasteiger partial charge in [-0.25, -0.2) is 19.9 Å². The molecule has 3 heterocycles. The molecule has 0 aliphatic carbocycles. The van der Waals surface area contributed by atoms with E-state index in [1.165, 1.54) is 17.7 Å². The molecular formula is C8H6N6S. The molecule has 7 heteroatoms. The lowest BCUT2D eigenvalue weighted by molar-refractivity contribution is 1.20. The van der Waals surface area contributed by atoms with Crippen molar-refractivity contribution in [1.29, 1.82) is 0 Å². The second kappa shape index (κ2) is 2.99. The van der Waals surface area contributed by atoms with Crippen LogP contribution in [0.4, 0.5) is 5.82 Å². The summed E-state index contributed by atoms with van der Waals surface area (Å²) in [5.41, 5.74) is 9.43. The van der Waals surface area contributed by atoms with Gasteiger partial charge in [-0.05, 0) is 0 Å². The van der Waals surface area contributed by atoms with Gasteiger partial charge >= 0.3 is 0 Å². The predicted octanol–water partition coefficient (Wildman–Crippen LogP) is 1.06.